The quantitative estimate of drug-likeness (QED) is 0.643. The molecule has 2 nitrogen and oxygen atoms in total. The largest absolute Gasteiger partial charge is 0.396 e. The third-order valence-corrected chi connectivity index (χ3v) is 3.51. The van der Waals surface area contributed by atoms with Crippen molar-refractivity contribution in [2.75, 3.05) is 24.7 Å². The number of thioether (sulfide) groups is 1. The molecule has 0 saturated carbocycles. The standard InChI is InChI=1S/C11H25NOS/c1-10(11(2,3)4)12-6-9-14-8-5-7-13/h10,12-13H,5-9H2,1-4H3. The maximum Gasteiger partial charge on any atom is 0.0438 e. The van der Waals surface area contributed by atoms with Gasteiger partial charge in [-0.15, -0.1) is 0 Å². The van der Waals surface area contributed by atoms with Gasteiger partial charge in [0.2, 0.25) is 0 Å². The second kappa shape index (κ2) is 7.55. The zero-order valence-corrected chi connectivity index (χ0v) is 10.8. The number of rotatable bonds is 7. The molecule has 86 valence electrons. The Kier molecular flexibility index (Phi) is 7.69. The van der Waals surface area contributed by atoms with E-state index >= 15 is 0 Å². The lowest BCUT2D eigenvalue weighted by atomic mass is 9.88. The number of aliphatic hydroxyl groups excluding tert-OH is 1. The molecule has 0 aliphatic carbocycles. The van der Waals surface area contributed by atoms with Crippen molar-refractivity contribution in [3.8, 4) is 0 Å². The van der Waals surface area contributed by atoms with E-state index in [1.54, 1.807) is 0 Å². The molecule has 0 heterocycles. The van der Waals surface area contributed by atoms with Crippen molar-refractivity contribution in [2.45, 2.75) is 40.2 Å². The molecule has 0 amide bonds. The lowest BCUT2D eigenvalue weighted by Crippen LogP contribution is -2.38. The Bertz CT molecular complexity index is 134. The summed E-state index contributed by atoms with van der Waals surface area (Å²) < 4.78 is 0. The summed E-state index contributed by atoms with van der Waals surface area (Å²) in [6.45, 7) is 10.4. The van der Waals surface area contributed by atoms with Gasteiger partial charge in [0.25, 0.3) is 0 Å². The molecule has 0 aromatic carbocycles. The highest BCUT2D eigenvalue weighted by Gasteiger charge is 2.18. The Morgan fingerprint density at radius 1 is 1.29 bits per heavy atom. The van der Waals surface area contributed by atoms with Gasteiger partial charge in [-0.1, -0.05) is 20.8 Å². The van der Waals surface area contributed by atoms with Crippen LogP contribution in [0.1, 0.15) is 34.1 Å². The highest BCUT2D eigenvalue weighted by molar-refractivity contribution is 7.99. The van der Waals surface area contributed by atoms with Crippen molar-refractivity contribution in [3.63, 3.8) is 0 Å². The van der Waals surface area contributed by atoms with E-state index in [1.807, 2.05) is 11.8 Å². The van der Waals surface area contributed by atoms with Crippen LogP contribution in [0.3, 0.4) is 0 Å². The Labute approximate surface area is 92.9 Å². The van der Waals surface area contributed by atoms with Gasteiger partial charge in [0, 0.05) is 24.9 Å². The van der Waals surface area contributed by atoms with Gasteiger partial charge in [0.05, 0.1) is 0 Å². The van der Waals surface area contributed by atoms with Crippen LogP contribution in [0.5, 0.6) is 0 Å². The van der Waals surface area contributed by atoms with Crippen molar-refractivity contribution in [3.05, 3.63) is 0 Å². The fourth-order valence-electron chi connectivity index (χ4n) is 0.922. The molecule has 0 rings (SSSR count). The Morgan fingerprint density at radius 2 is 1.93 bits per heavy atom. The van der Waals surface area contributed by atoms with Crippen molar-refractivity contribution >= 4 is 11.8 Å². The molecule has 1 atom stereocenters. The van der Waals surface area contributed by atoms with Gasteiger partial charge < -0.3 is 10.4 Å². The summed E-state index contributed by atoms with van der Waals surface area (Å²) in [6, 6.07) is 0.556. The van der Waals surface area contributed by atoms with E-state index in [4.69, 9.17) is 5.11 Å². The number of aliphatic hydroxyl groups is 1. The van der Waals surface area contributed by atoms with Gasteiger partial charge in [-0.05, 0) is 24.5 Å². The smallest absolute Gasteiger partial charge is 0.0438 e. The summed E-state index contributed by atoms with van der Waals surface area (Å²) >= 11 is 1.91. The minimum atomic E-state index is 0.318. The SMILES string of the molecule is CC(NCCSCCCO)C(C)(C)C. The fraction of sp³-hybridized carbons (Fsp3) is 1.00. The summed E-state index contributed by atoms with van der Waals surface area (Å²) in [6.07, 6.45) is 0.916. The van der Waals surface area contributed by atoms with Crippen LogP contribution < -0.4 is 5.32 Å². The molecule has 0 aromatic heterocycles. The summed E-state index contributed by atoms with van der Waals surface area (Å²) in [4.78, 5) is 0. The molecule has 0 saturated heterocycles. The second-order valence-electron chi connectivity index (χ2n) is 4.73. The molecule has 0 aromatic rings. The molecule has 2 N–H and O–H groups in total. The van der Waals surface area contributed by atoms with Crippen molar-refractivity contribution in [1.29, 1.82) is 0 Å². The minimum Gasteiger partial charge on any atom is -0.396 e. The molecule has 0 bridgehead atoms. The topological polar surface area (TPSA) is 32.3 Å². The normalized spacial score (nSPS) is 14.4. The summed E-state index contributed by atoms with van der Waals surface area (Å²) in [7, 11) is 0. The van der Waals surface area contributed by atoms with Crippen LogP contribution in [-0.4, -0.2) is 35.8 Å². The van der Waals surface area contributed by atoms with Crippen LogP contribution in [-0.2, 0) is 0 Å². The van der Waals surface area contributed by atoms with Crippen molar-refractivity contribution in [1.82, 2.24) is 5.32 Å². The molecule has 14 heavy (non-hydrogen) atoms. The first-order chi connectivity index (χ1) is 6.48. The van der Waals surface area contributed by atoms with Gasteiger partial charge in [0.1, 0.15) is 0 Å². The maximum absolute atomic E-state index is 8.59. The second-order valence-corrected chi connectivity index (χ2v) is 5.96. The lowest BCUT2D eigenvalue weighted by Gasteiger charge is -2.28. The van der Waals surface area contributed by atoms with Crippen LogP contribution >= 0.6 is 11.8 Å². The minimum absolute atomic E-state index is 0.318. The first-order valence-corrected chi connectivity index (χ1v) is 6.56. The Hall–Kier alpha value is 0.270. The Morgan fingerprint density at radius 3 is 2.43 bits per heavy atom. The molecular formula is C11H25NOS. The van der Waals surface area contributed by atoms with Crippen LogP contribution in [0, 0.1) is 5.41 Å². The zero-order chi connectivity index (χ0) is 11.0. The lowest BCUT2D eigenvalue weighted by molar-refractivity contribution is 0.291. The zero-order valence-electron chi connectivity index (χ0n) is 9.97. The van der Waals surface area contributed by atoms with Gasteiger partial charge in [-0.2, -0.15) is 11.8 Å². The fourth-order valence-corrected chi connectivity index (χ4v) is 1.72. The molecular weight excluding hydrogens is 194 g/mol. The predicted octanol–water partition coefficient (Wildman–Crippen LogP) is 2.13. The molecule has 1 unspecified atom stereocenters. The molecule has 3 heteroatoms. The van der Waals surface area contributed by atoms with E-state index in [0.29, 0.717) is 18.1 Å². The number of hydrogen-bond acceptors (Lipinski definition) is 3. The first-order valence-electron chi connectivity index (χ1n) is 5.40. The van der Waals surface area contributed by atoms with Gasteiger partial charge in [-0.3, -0.25) is 0 Å². The Balaban J connectivity index is 3.28. The van der Waals surface area contributed by atoms with E-state index in [9.17, 15) is 0 Å². The van der Waals surface area contributed by atoms with Crippen molar-refractivity contribution in [2.24, 2.45) is 5.41 Å². The molecule has 0 fully saturated rings. The van der Waals surface area contributed by atoms with Crippen LogP contribution in [0.15, 0.2) is 0 Å². The average Bonchev–Trinajstić information content (AvgIpc) is 2.09. The van der Waals surface area contributed by atoms with Gasteiger partial charge >= 0.3 is 0 Å². The molecule has 0 aliphatic heterocycles. The summed E-state index contributed by atoms with van der Waals surface area (Å²) in [5.41, 5.74) is 0.343. The highest BCUT2D eigenvalue weighted by Crippen LogP contribution is 2.18. The van der Waals surface area contributed by atoms with Gasteiger partial charge in [-0.25, -0.2) is 0 Å². The predicted molar refractivity (Wildman–Crippen MR) is 65.9 cm³/mol. The molecule has 0 aliphatic rings. The van der Waals surface area contributed by atoms with Crippen LogP contribution in [0.2, 0.25) is 0 Å². The number of nitrogens with one attached hydrogen (secondary N) is 1. The van der Waals surface area contributed by atoms with E-state index in [1.165, 1.54) is 0 Å². The van der Waals surface area contributed by atoms with E-state index in [2.05, 4.69) is 33.0 Å². The monoisotopic (exact) mass is 219 g/mol. The van der Waals surface area contributed by atoms with Crippen LogP contribution in [0.25, 0.3) is 0 Å². The summed E-state index contributed by atoms with van der Waals surface area (Å²) in [5, 5.41) is 12.1. The van der Waals surface area contributed by atoms with Gasteiger partial charge in [0.15, 0.2) is 0 Å². The number of hydrogen-bond donors (Lipinski definition) is 2. The maximum atomic E-state index is 8.59. The van der Waals surface area contributed by atoms with Crippen molar-refractivity contribution < 1.29 is 5.11 Å². The molecule has 0 radical (unpaired) electrons. The first kappa shape index (κ1) is 14.3. The van der Waals surface area contributed by atoms with E-state index in [-0.39, 0.29) is 0 Å². The third-order valence-electron chi connectivity index (χ3n) is 2.44. The van der Waals surface area contributed by atoms with Crippen LogP contribution in [0.4, 0.5) is 0 Å². The van der Waals surface area contributed by atoms with E-state index < -0.39 is 0 Å². The molecule has 0 spiro atoms. The summed E-state index contributed by atoms with van der Waals surface area (Å²) in [5.74, 6) is 2.21. The highest BCUT2D eigenvalue weighted by atomic mass is 32.2. The average molecular weight is 219 g/mol. The third kappa shape index (κ3) is 7.65. The van der Waals surface area contributed by atoms with E-state index in [0.717, 1.165) is 24.5 Å².